The Morgan fingerprint density at radius 3 is 2.80 bits per heavy atom. The summed E-state index contributed by atoms with van der Waals surface area (Å²) in [6.07, 6.45) is 1.35. The molecule has 20 heavy (non-hydrogen) atoms. The molecule has 1 N–H and O–H groups in total. The van der Waals surface area contributed by atoms with E-state index in [-0.39, 0.29) is 16.6 Å². The maximum atomic E-state index is 12.1. The third kappa shape index (κ3) is 3.69. The van der Waals surface area contributed by atoms with E-state index in [4.69, 9.17) is 16.3 Å². The smallest absolute Gasteiger partial charge is 0.241 e. The lowest BCUT2D eigenvalue weighted by atomic mass is 10.2. The van der Waals surface area contributed by atoms with Crippen LogP contribution < -0.4 is 9.46 Å². The van der Waals surface area contributed by atoms with Crippen LogP contribution in [-0.2, 0) is 16.6 Å². The van der Waals surface area contributed by atoms with Gasteiger partial charge < -0.3 is 4.74 Å². The van der Waals surface area contributed by atoms with E-state index in [1.165, 1.54) is 18.3 Å². The Balaban J connectivity index is 2.13. The number of methoxy groups -OCH3 is 1. The molecule has 106 valence electrons. The molecular formula is C13H13ClN2O3S. The van der Waals surface area contributed by atoms with E-state index >= 15 is 0 Å². The highest BCUT2D eigenvalue weighted by Crippen LogP contribution is 2.15. The van der Waals surface area contributed by atoms with E-state index in [1.807, 2.05) is 6.07 Å². The first-order chi connectivity index (χ1) is 9.51. The molecule has 0 fully saturated rings. The molecule has 0 amide bonds. The summed E-state index contributed by atoms with van der Waals surface area (Å²) < 4.78 is 31.8. The molecular weight excluding hydrogens is 300 g/mol. The molecule has 0 spiro atoms. The van der Waals surface area contributed by atoms with Gasteiger partial charge in [0.05, 0.1) is 12.0 Å². The zero-order valence-electron chi connectivity index (χ0n) is 10.7. The second kappa shape index (κ2) is 6.21. The highest BCUT2D eigenvalue weighted by atomic mass is 35.5. The Bertz CT molecular complexity index is 704. The first-order valence-corrected chi connectivity index (χ1v) is 7.61. The van der Waals surface area contributed by atoms with Crippen molar-refractivity contribution in [1.29, 1.82) is 0 Å². The number of rotatable bonds is 5. The standard InChI is InChI=1S/C13H13ClN2O3S/c1-19-11-4-2-3-10(7-11)9-16-20(17,18)12-5-6-15-13(14)8-12/h2-8,16H,9H2,1H3. The fourth-order valence-electron chi connectivity index (χ4n) is 1.60. The Morgan fingerprint density at radius 2 is 2.10 bits per heavy atom. The summed E-state index contributed by atoms with van der Waals surface area (Å²) in [5.74, 6) is 0.675. The maximum Gasteiger partial charge on any atom is 0.241 e. The quantitative estimate of drug-likeness (QED) is 0.860. The number of pyridine rings is 1. The van der Waals surface area contributed by atoms with Crippen LogP contribution in [0.5, 0.6) is 5.75 Å². The number of benzene rings is 1. The number of ether oxygens (including phenoxy) is 1. The molecule has 0 saturated heterocycles. The highest BCUT2D eigenvalue weighted by Gasteiger charge is 2.14. The van der Waals surface area contributed by atoms with Crippen LogP contribution in [0.15, 0.2) is 47.5 Å². The van der Waals surface area contributed by atoms with Gasteiger partial charge in [-0.2, -0.15) is 0 Å². The van der Waals surface area contributed by atoms with Crippen LogP contribution in [-0.4, -0.2) is 20.5 Å². The molecule has 0 aliphatic carbocycles. The van der Waals surface area contributed by atoms with Crippen LogP contribution >= 0.6 is 11.6 Å². The molecule has 1 heterocycles. The van der Waals surface area contributed by atoms with E-state index in [0.717, 1.165) is 5.56 Å². The zero-order valence-corrected chi connectivity index (χ0v) is 12.3. The van der Waals surface area contributed by atoms with Crippen LogP contribution in [0, 0.1) is 0 Å². The van der Waals surface area contributed by atoms with Gasteiger partial charge in [-0.15, -0.1) is 0 Å². The van der Waals surface area contributed by atoms with E-state index in [2.05, 4.69) is 9.71 Å². The van der Waals surface area contributed by atoms with Gasteiger partial charge >= 0.3 is 0 Å². The Hall–Kier alpha value is -1.63. The number of nitrogens with one attached hydrogen (secondary N) is 1. The normalized spacial score (nSPS) is 11.3. The minimum Gasteiger partial charge on any atom is -0.497 e. The summed E-state index contributed by atoms with van der Waals surface area (Å²) >= 11 is 5.69. The summed E-state index contributed by atoms with van der Waals surface area (Å²) in [6.45, 7) is 0.166. The van der Waals surface area contributed by atoms with Gasteiger partial charge in [0.2, 0.25) is 10.0 Å². The highest BCUT2D eigenvalue weighted by molar-refractivity contribution is 7.89. The first kappa shape index (κ1) is 14.8. The van der Waals surface area contributed by atoms with Crippen LogP contribution in [0.4, 0.5) is 0 Å². The first-order valence-electron chi connectivity index (χ1n) is 5.75. The average Bonchev–Trinajstić information content (AvgIpc) is 2.45. The molecule has 0 atom stereocenters. The molecule has 1 aromatic heterocycles. The predicted molar refractivity (Wildman–Crippen MR) is 76.3 cm³/mol. The SMILES string of the molecule is COc1cccc(CNS(=O)(=O)c2ccnc(Cl)c2)c1. The minimum absolute atomic E-state index is 0.0837. The lowest BCUT2D eigenvalue weighted by molar-refractivity contribution is 0.414. The largest absolute Gasteiger partial charge is 0.497 e. The van der Waals surface area contributed by atoms with Gasteiger partial charge in [0, 0.05) is 12.7 Å². The summed E-state index contributed by atoms with van der Waals surface area (Å²) in [6, 6.07) is 9.86. The van der Waals surface area contributed by atoms with Gasteiger partial charge in [-0.05, 0) is 29.8 Å². The third-order valence-electron chi connectivity index (χ3n) is 2.61. The number of hydrogen-bond donors (Lipinski definition) is 1. The van der Waals surface area contributed by atoms with Gasteiger partial charge in [0.1, 0.15) is 10.9 Å². The van der Waals surface area contributed by atoms with Gasteiger partial charge in [-0.1, -0.05) is 23.7 Å². The van der Waals surface area contributed by atoms with Crippen molar-refractivity contribution >= 4 is 21.6 Å². The van der Waals surface area contributed by atoms with E-state index in [1.54, 1.807) is 25.3 Å². The summed E-state index contributed by atoms with van der Waals surface area (Å²) in [5, 5.41) is 0.134. The van der Waals surface area contributed by atoms with Crippen molar-refractivity contribution in [3.05, 3.63) is 53.3 Å². The monoisotopic (exact) mass is 312 g/mol. The van der Waals surface area contributed by atoms with E-state index < -0.39 is 10.0 Å². The molecule has 0 unspecified atom stereocenters. The van der Waals surface area contributed by atoms with Crippen LogP contribution in [0.3, 0.4) is 0 Å². The van der Waals surface area contributed by atoms with Gasteiger partial charge in [0.25, 0.3) is 0 Å². The molecule has 0 radical (unpaired) electrons. The second-order valence-corrected chi connectivity index (χ2v) is 6.14. The topological polar surface area (TPSA) is 68.3 Å². The molecule has 7 heteroatoms. The van der Waals surface area contributed by atoms with Crippen molar-refractivity contribution in [1.82, 2.24) is 9.71 Å². The van der Waals surface area contributed by atoms with Crippen molar-refractivity contribution in [2.45, 2.75) is 11.4 Å². The lowest BCUT2D eigenvalue weighted by Gasteiger charge is -2.08. The van der Waals surface area contributed by atoms with Gasteiger partial charge in [-0.3, -0.25) is 0 Å². The van der Waals surface area contributed by atoms with Crippen molar-refractivity contribution in [3.63, 3.8) is 0 Å². The molecule has 0 bridgehead atoms. The van der Waals surface area contributed by atoms with Crippen molar-refractivity contribution in [2.75, 3.05) is 7.11 Å². The van der Waals surface area contributed by atoms with Crippen LogP contribution in [0.1, 0.15) is 5.56 Å². The summed E-state index contributed by atoms with van der Waals surface area (Å²) in [5.41, 5.74) is 0.799. The Morgan fingerprint density at radius 1 is 1.30 bits per heavy atom. The van der Waals surface area contributed by atoms with Crippen molar-refractivity contribution in [3.8, 4) is 5.75 Å². The third-order valence-corrected chi connectivity index (χ3v) is 4.21. The Labute approximate surface area is 122 Å². The molecule has 0 saturated carbocycles. The molecule has 0 aliphatic heterocycles. The van der Waals surface area contributed by atoms with Gasteiger partial charge in [0.15, 0.2) is 0 Å². The fourth-order valence-corrected chi connectivity index (χ4v) is 2.86. The minimum atomic E-state index is -3.62. The fraction of sp³-hybridized carbons (Fsp3) is 0.154. The molecule has 2 rings (SSSR count). The number of sulfonamides is 1. The molecule has 2 aromatic rings. The van der Waals surface area contributed by atoms with Gasteiger partial charge in [-0.25, -0.2) is 18.1 Å². The Kier molecular flexibility index (Phi) is 4.59. The predicted octanol–water partition coefficient (Wildman–Crippen LogP) is 2.22. The molecule has 1 aromatic carbocycles. The van der Waals surface area contributed by atoms with Crippen LogP contribution in [0.2, 0.25) is 5.15 Å². The molecule has 0 aliphatic rings. The number of aromatic nitrogens is 1. The van der Waals surface area contributed by atoms with Crippen molar-refractivity contribution < 1.29 is 13.2 Å². The van der Waals surface area contributed by atoms with E-state index in [0.29, 0.717) is 5.75 Å². The zero-order chi connectivity index (χ0) is 14.6. The number of hydrogen-bond acceptors (Lipinski definition) is 4. The summed E-state index contributed by atoms with van der Waals surface area (Å²) in [4.78, 5) is 3.83. The molecule has 5 nitrogen and oxygen atoms in total. The number of nitrogens with zero attached hydrogens (tertiary/aromatic N) is 1. The lowest BCUT2D eigenvalue weighted by Crippen LogP contribution is -2.23. The van der Waals surface area contributed by atoms with Crippen LogP contribution in [0.25, 0.3) is 0 Å². The van der Waals surface area contributed by atoms with Crippen molar-refractivity contribution in [2.24, 2.45) is 0 Å². The second-order valence-electron chi connectivity index (χ2n) is 3.99. The number of halogens is 1. The van der Waals surface area contributed by atoms with E-state index in [9.17, 15) is 8.42 Å². The average molecular weight is 313 g/mol. The summed E-state index contributed by atoms with van der Waals surface area (Å²) in [7, 11) is -2.06. The maximum absolute atomic E-state index is 12.1.